The smallest absolute Gasteiger partial charge is 0.289 e. The summed E-state index contributed by atoms with van der Waals surface area (Å²) in [6.45, 7) is 0. The Hall–Kier alpha value is -2.59. The van der Waals surface area contributed by atoms with E-state index in [1.165, 1.54) is 17.1 Å². The lowest BCUT2D eigenvalue weighted by atomic mass is 10.1. The van der Waals surface area contributed by atoms with E-state index in [1.54, 1.807) is 26.2 Å². The maximum absolute atomic E-state index is 12.8. The highest BCUT2D eigenvalue weighted by atomic mass is 32.2. The van der Waals surface area contributed by atoms with Gasteiger partial charge in [0.05, 0.1) is 16.9 Å². The van der Waals surface area contributed by atoms with Gasteiger partial charge in [-0.1, -0.05) is 18.2 Å². The Labute approximate surface area is 155 Å². The minimum absolute atomic E-state index is 0.0961. The lowest BCUT2D eigenvalue weighted by molar-refractivity contribution is -0.137. The van der Waals surface area contributed by atoms with E-state index in [-0.39, 0.29) is 18.0 Å². The molecule has 0 radical (unpaired) electrons. The predicted octanol–water partition coefficient (Wildman–Crippen LogP) is 2.64. The number of carbonyl (C=O) groups excluding carboxylic acids is 1. The zero-order chi connectivity index (χ0) is 20.2. The summed E-state index contributed by atoms with van der Waals surface area (Å²) >= 11 is 0. The highest BCUT2D eigenvalue weighted by Crippen LogP contribution is 2.30. The first-order chi connectivity index (χ1) is 12.5. The number of anilines is 1. The number of carbonyl (C=O) groups is 1. The van der Waals surface area contributed by atoms with Crippen LogP contribution in [0.4, 0.5) is 18.9 Å². The third-order valence-electron chi connectivity index (χ3n) is 3.39. The van der Waals surface area contributed by atoms with Crippen molar-refractivity contribution < 1.29 is 26.4 Å². The lowest BCUT2D eigenvalue weighted by Crippen LogP contribution is -2.37. The van der Waals surface area contributed by atoms with E-state index in [1.807, 2.05) is 0 Å². The number of halogens is 3. The molecule has 0 heterocycles. The molecule has 0 aliphatic heterocycles. The molecule has 2 aromatic carbocycles. The molecule has 2 N–H and O–H groups in total. The van der Waals surface area contributed by atoms with Gasteiger partial charge in [-0.3, -0.25) is 14.9 Å². The largest absolute Gasteiger partial charge is 0.416 e. The zero-order valence-electron chi connectivity index (χ0n) is 14.5. The second kappa shape index (κ2) is 7.97. The Morgan fingerprint density at radius 1 is 1.07 bits per heavy atom. The van der Waals surface area contributed by atoms with E-state index >= 15 is 0 Å². The molecular formula is C17H18F3N3O3S. The highest BCUT2D eigenvalue weighted by Gasteiger charge is 2.31. The number of nitrogens with zero attached hydrogens (tertiary/aromatic N) is 1. The first kappa shape index (κ1) is 20.7. The molecular weight excluding hydrogens is 383 g/mol. The van der Waals surface area contributed by atoms with Crippen molar-refractivity contribution in [2.75, 3.05) is 18.8 Å². The monoisotopic (exact) mass is 401 g/mol. The summed E-state index contributed by atoms with van der Waals surface area (Å²) in [5, 5.41) is 1.50. The van der Waals surface area contributed by atoms with Crippen molar-refractivity contribution in [3.05, 3.63) is 59.7 Å². The molecule has 0 spiro atoms. The molecule has 0 bridgehead atoms. The van der Waals surface area contributed by atoms with Crippen molar-refractivity contribution in [2.45, 2.75) is 17.5 Å². The molecule has 0 fully saturated rings. The van der Waals surface area contributed by atoms with Crippen molar-refractivity contribution >= 4 is 21.6 Å². The number of hydrogen-bond donors (Lipinski definition) is 2. The maximum atomic E-state index is 12.8. The van der Waals surface area contributed by atoms with Gasteiger partial charge in [0, 0.05) is 19.8 Å². The van der Waals surface area contributed by atoms with Crippen LogP contribution in [0.2, 0.25) is 0 Å². The molecule has 0 saturated carbocycles. The summed E-state index contributed by atoms with van der Waals surface area (Å²) in [5.74, 6) is -0.239. The average Bonchev–Trinajstić information content (AvgIpc) is 2.55. The molecule has 2 aromatic rings. The molecule has 6 nitrogen and oxygen atoms in total. The van der Waals surface area contributed by atoms with Crippen LogP contribution < -0.4 is 10.1 Å². The van der Waals surface area contributed by atoms with Gasteiger partial charge in [0.2, 0.25) is 5.91 Å². The Morgan fingerprint density at radius 3 is 2.26 bits per heavy atom. The number of nitrogens with one attached hydrogen (secondary N) is 2. The van der Waals surface area contributed by atoms with E-state index in [2.05, 4.69) is 10.1 Å². The van der Waals surface area contributed by atoms with Crippen molar-refractivity contribution in [1.82, 2.24) is 10.4 Å². The number of hydrogen-bond acceptors (Lipinski definition) is 4. The van der Waals surface area contributed by atoms with Crippen molar-refractivity contribution in [1.29, 1.82) is 0 Å². The number of alkyl halides is 3. The fourth-order valence-electron chi connectivity index (χ4n) is 2.22. The van der Waals surface area contributed by atoms with E-state index < -0.39 is 26.7 Å². The quantitative estimate of drug-likeness (QED) is 0.730. The molecule has 2 rings (SSSR count). The van der Waals surface area contributed by atoms with Crippen LogP contribution in [0, 0.1) is 0 Å². The van der Waals surface area contributed by atoms with Gasteiger partial charge in [0.1, 0.15) is 0 Å². The minimum atomic E-state index is -4.64. The normalized spacial score (nSPS) is 12.1. The van der Waals surface area contributed by atoms with Gasteiger partial charge < -0.3 is 0 Å². The van der Waals surface area contributed by atoms with Crippen LogP contribution in [-0.4, -0.2) is 33.4 Å². The Balaban J connectivity index is 2.13. The van der Waals surface area contributed by atoms with Crippen LogP contribution in [-0.2, 0) is 27.4 Å². The van der Waals surface area contributed by atoms with E-state index in [9.17, 15) is 26.4 Å². The van der Waals surface area contributed by atoms with E-state index in [4.69, 9.17) is 0 Å². The lowest BCUT2D eigenvalue weighted by Gasteiger charge is -2.13. The third-order valence-corrected chi connectivity index (χ3v) is 4.77. The van der Waals surface area contributed by atoms with Gasteiger partial charge in [0.25, 0.3) is 10.0 Å². The molecule has 0 aliphatic carbocycles. The Kier molecular flexibility index (Phi) is 6.11. The van der Waals surface area contributed by atoms with E-state index in [0.29, 0.717) is 11.6 Å². The molecule has 1 amide bonds. The fourth-order valence-corrected chi connectivity index (χ4v) is 3.32. The maximum Gasteiger partial charge on any atom is 0.416 e. The topological polar surface area (TPSA) is 78.5 Å². The standard InChI is InChI=1S/C17H18F3N3O3S/c1-23(2)21-16(24)10-12-6-8-14(9-7-12)22-27(25,26)15-5-3-4-13(11-15)17(18,19)20/h3-9,11,22H,10H2,1-2H3,(H,21,24). The molecule has 10 heteroatoms. The highest BCUT2D eigenvalue weighted by molar-refractivity contribution is 7.92. The van der Waals surface area contributed by atoms with Gasteiger partial charge in [0.15, 0.2) is 0 Å². The molecule has 0 unspecified atom stereocenters. The zero-order valence-corrected chi connectivity index (χ0v) is 15.4. The molecule has 0 saturated heterocycles. The van der Waals surface area contributed by atoms with Crippen LogP contribution in [0.25, 0.3) is 0 Å². The second-order valence-corrected chi connectivity index (χ2v) is 7.62. The van der Waals surface area contributed by atoms with E-state index in [0.717, 1.165) is 18.2 Å². The third kappa shape index (κ3) is 5.97. The molecule has 146 valence electrons. The van der Waals surface area contributed by atoms with Crippen molar-refractivity contribution in [3.63, 3.8) is 0 Å². The summed E-state index contributed by atoms with van der Waals surface area (Å²) in [4.78, 5) is 11.2. The number of sulfonamides is 1. The van der Waals surface area contributed by atoms with Gasteiger partial charge in [-0.25, -0.2) is 13.4 Å². The van der Waals surface area contributed by atoms with Crippen LogP contribution >= 0.6 is 0 Å². The van der Waals surface area contributed by atoms with Gasteiger partial charge in [-0.2, -0.15) is 13.2 Å². The summed E-state index contributed by atoms with van der Waals surface area (Å²) < 4.78 is 65.1. The first-order valence-electron chi connectivity index (χ1n) is 7.73. The molecule has 0 aromatic heterocycles. The predicted molar refractivity (Wildman–Crippen MR) is 94.2 cm³/mol. The number of amides is 1. The SMILES string of the molecule is CN(C)NC(=O)Cc1ccc(NS(=O)(=O)c2cccc(C(F)(F)F)c2)cc1. The Bertz CT molecular complexity index is 911. The van der Waals surface area contributed by atoms with Gasteiger partial charge in [-0.05, 0) is 35.9 Å². The van der Waals surface area contributed by atoms with Crippen LogP contribution in [0.1, 0.15) is 11.1 Å². The molecule has 27 heavy (non-hydrogen) atoms. The molecule has 0 aliphatic rings. The van der Waals surface area contributed by atoms with Crippen LogP contribution in [0.3, 0.4) is 0 Å². The number of rotatable bonds is 6. The summed E-state index contributed by atoms with van der Waals surface area (Å²) in [6.07, 6.45) is -4.54. The van der Waals surface area contributed by atoms with Crippen molar-refractivity contribution in [3.8, 4) is 0 Å². The average molecular weight is 401 g/mol. The summed E-state index contributed by atoms with van der Waals surface area (Å²) in [5.41, 5.74) is 2.35. The Morgan fingerprint density at radius 2 is 1.70 bits per heavy atom. The van der Waals surface area contributed by atoms with Crippen LogP contribution in [0.15, 0.2) is 53.4 Å². The first-order valence-corrected chi connectivity index (χ1v) is 9.21. The molecule has 0 atom stereocenters. The number of benzene rings is 2. The summed E-state index contributed by atoms with van der Waals surface area (Å²) in [7, 11) is -0.843. The summed E-state index contributed by atoms with van der Waals surface area (Å²) in [6, 6.07) is 9.46. The van der Waals surface area contributed by atoms with Gasteiger partial charge in [-0.15, -0.1) is 0 Å². The fraction of sp³-hybridized carbons (Fsp3) is 0.235. The van der Waals surface area contributed by atoms with Crippen molar-refractivity contribution in [2.24, 2.45) is 0 Å². The van der Waals surface area contributed by atoms with Crippen LogP contribution in [0.5, 0.6) is 0 Å². The second-order valence-electron chi connectivity index (χ2n) is 5.93. The van der Waals surface area contributed by atoms with Gasteiger partial charge >= 0.3 is 6.18 Å². The minimum Gasteiger partial charge on any atom is -0.289 e. The number of hydrazine groups is 1.